The van der Waals surface area contributed by atoms with Crippen LogP contribution in [0.25, 0.3) is 0 Å². The van der Waals surface area contributed by atoms with E-state index in [1.807, 2.05) is 51.1 Å². The van der Waals surface area contributed by atoms with Gasteiger partial charge in [-0.05, 0) is 26.3 Å². The van der Waals surface area contributed by atoms with Gasteiger partial charge in [0.1, 0.15) is 11.6 Å². The highest BCUT2D eigenvalue weighted by atomic mass is 16.6. The van der Waals surface area contributed by atoms with Crippen molar-refractivity contribution in [3.63, 3.8) is 0 Å². The normalized spacial score (nSPS) is 21.5. The zero-order valence-electron chi connectivity index (χ0n) is 13.3. The fraction of sp³-hybridized carbons (Fsp3) is 0.529. The average molecular weight is 302 g/mol. The maximum absolute atomic E-state index is 12.1. The summed E-state index contributed by atoms with van der Waals surface area (Å²) in [4.78, 5) is 13.6. The molecule has 1 aliphatic rings. The van der Waals surface area contributed by atoms with Gasteiger partial charge in [-0.3, -0.25) is 4.90 Å². The highest BCUT2D eigenvalue weighted by Crippen LogP contribution is 2.23. The van der Waals surface area contributed by atoms with Gasteiger partial charge in [-0.1, -0.05) is 30.3 Å². The number of hydrogen-bond acceptors (Lipinski definition) is 4. The van der Waals surface area contributed by atoms with Gasteiger partial charge in [-0.2, -0.15) is 5.26 Å². The molecule has 0 bridgehead atoms. The molecule has 1 fully saturated rings. The quantitative estimate of drug-likeness (QED) is 0.860. The van der Waals surface area contributed by atoms with E-state index in [1.54, 1.807) is 0 Å². The van der Waals surface area contributed by atoms with Crippen LogP contribution in [0.4, 0.5) is 4.79 Å². The number of likely N-dealkylation sites (tertiary alicyclic amines) is 1. The van der Waals surface area contributed by atoms with Crippen LogP contribution in [-0.4, -0.2) is 35.3 Å². The van der Waals surface area contributed by atoms with E-state index in [-0.39, 0.29) is 6.10 Å². The Morgan fingerprint density at radius 3 is 2.64 bits per heavy atom. The van der Waals surface area contributed by atoms with Gasteiger partial charge in [0.25, 0.3) is 0 Å². The van der Waals surface area contributed by atoms with Crippen molar-refractivity contribution in [2.75, 3.05) is 6.54 Å². The van der Waals surface area contributed by atoms with Gasteiger partial charge in [0.15, 0.2) is 0 Å². The Bertz CT molecular complexity index is 545. The fourth-order valence-electron chi connectivity index (χ4n) is 2.35. The van der Waals surface area contributed by atoms with E-state index in [0.29, 0.717) is 19.6 Å². The summed E-state index contributed by atoms with van der Waals surface area (Å²) in [7, 11) is 0. The number of benzene rings is 1. The first-order chi connectivity index (χ1) is 10.4. The monoisotopic (exact) mass is 302 g/mol. The first kappa shape index (κ1) is 16.3. The van der Waals surface area contributed by atoms with E-state index in [4.69, 9.17) is 9.47 Å². The Morgan fingerprint density at radius 2 is 2.05 bits per heavy atom. The summed E-state index contributed by atoms with van der Waals surface area (Å²) in [5.74, 6) is 0. The third-order valence-electron chi connectivity index (χ3n) is 3.37. The van der Waals surface area contributed by atoms with Crippen LogP contribution in [0.3, 0.4) is 0 Å². The second-order valence-corrected chi connectivity index (χ2v) is 6.43. The van der Waals surface area contributed by atoms with E-state index >= 15 is 0 Å². The van der Waals surface area contributed by atoms with Crippen molar-refractivity contribution in [2.45, 2.75) is 51.5 Å². The number of nitrogens with zero attached hydrogens (tertiary/aromatic N) is 2. The number of hydrogen-bond donors (Lipinski definition) is 0. The molecule has 5 heteroatoms. The number of rotatable bonds is 3. The number of ether oxygens (including phenoxy) is 2. The molecule has 0 saturated carbocycles. The standard InChI is InChI=1S/C17H22N2O3/c1-17(2,3)22-16(20)19-11-15(9-14(19)10-18)21-12-13-7-5-4-6-8-13/h4-8,14-15H,9,11-12H2,1-3H3. The number of carbonyl (C=O) groups excluding carboxylic acids is 1. The molecule has 1 heterocycles. The Morgan fingerprint density at radius 1 is 1.36 bits per heavy atom. The fourth-order valence-corrected chi connectivity index (χ4v) is 2.35. The summed E-state index contributed by atoms with van der Waals surface area (Å²) in [5, 5.41) is 9.23. The van der Waals surface area contributed by atoms with Crippen LogP contribution >= 0.6 is 0 Å². The van der Waals surface area contributed by atoms with Crippen LogP contribution in [0.2, 0.25) is 0 Å². The molecule has 118 valence electrons. The second-order valence-electron chi connectivity index (χ2n) is 6.43. The number of nitriles is 1. The molecule has 22 heavy (non-hydrogen) atoms. The molecule has 1 aromatic carbocycles. The van der Waals surface area contributed by atoms with Crippen LogP contribution in [0.1, 0.15) is 32.8 Å². The molecule has 2 rings (SSSR count). The Labute approximate surface area is 131 Å². The summed E-state index contributed by atoms with van der Waals surface area (Å²) >= 11 is 0. The van der Waals surface area contributed by atoms with Gasteiger partial charge in [-0.15, -0.1) is 0 Å². The lowest BCUT2D eigenvalue weighted by Crippen LogP contribution is -2.39. The van der Waals surface area contributed by atoms with Crippen molar-refractivity contribution in [1.82, 2.24) is 4.90 Å². The van der Waals surface area contributed by atoms with Crippen molar-refractivity contribution in [1.29, 1.82) is 5.26 Å². The molecule has 0 spiro atoms. The topological polar surface area (TPSA) is 62.6 Å². The molecule has 0 aromatic heterocycles. The minimum atomic E-state index is -0.569. The van der Waals surface area contributed by atoms with E-state index in [2.05, 4.69) is 6.07 Å². The van der Waals surface area contributed by atoms with Gasteiger partial charge in [-0.25, -0.2) is 4.79 Å². The Hall–Kier alpha value is -2.06. The Kier molecular flexibility index (Phi) is 5.04. The van der Waals surface area contributed by atoms with Crippen molar-refractivity contribution >= 4 is 6.09 Å². The molecule has 0 aliphatic carbocycles. The van der Waals surface area contributed by atoms with E-state index < -0.39 is 17.7 Å². The summed E-state index contributed by atoms with van der Waals surface area (Å²) in [6.45, 7) is 6.30. The molecule has 0 radical (unpaired) electrons. The SMILES string of the molecule is CC(C)(C)OC(=O)N1CC(OCc2ccccc2)CC1C#N. The van der Waals surface area contributed by atoms with Crippen molar-refractivity contribution in [3.05, 3.63) is 35.9 Å². The highest BCUT2D eigenvalue weighted by molar-refractivity contribution is 5.69. The maximum Gasteiger partial charge on any atom is 0.411 e. The molecule has 2 unspecified atom stereocenters. The van der Waals surface area contributed by atoms with Gasteiger partial charge in [0, 0.05) is 6.42 Å². The molecule has 1 amide bonds. The van der Waals surface area contributed by atoms with Crippen LogP contribution in [0.15, 0.2) is 30.3 Å². The zero-order valence-corrected chi connectivity index (χ0v) is 13.3. The van der Waals surface area contributed by atoms with Gasteiger partial charge in [0.2, 0.25) is 0 Å². The molecule has 5 nitrogen and oxygen atoms in total. The number of amides is 1. The minimum absolute atomic E-state index is 0.141. The van der Waals surface area contributed by atoms with Crippen LogP contribution in [0.5, 0.6) is 0 Å². The summed E-state index contributed by atoms with van der Waals surface area (Å²) in [5.41, 5.74) is 0.506. The Balaban J connectivity index is 1.92. The van der Waals surface area contributed by atoms with E-state index in [0.717, 1.165) is 5.56 Å². The predicted molar refractivity (Wildman–Crippen MR) is 82.0 cm³/mol. The highest BCUT2D eigenvalue weighted by Gasteiger charge is 2.38. The molecule has 1 aliphatic heterocycles. The van der Waals surface area contributed by atoms with E-state index in [1.165, 1.54) is 4.90 Å². The van der Waals surface area contributed by atoms with E-state index in [9.17, 15) is 10.1 Å². The lowest BCUT2D eigenvalue weighted by Gasteiger charge is -2.25. The number of carbonyl (C=O) groups is 1. The largest absolute Gasteiger partial charge is 0.444 e. The summed E-state index contributed by atoms with van der Waals surface area (Å²) in [6, 6.07) is 11.5. The maximum atomic E-state index is 12.1. The first-order valence-corrected chi connectivity index (χ1v) is 7.44. The average Bonchev–Trinajstić information content (AvgIpc) is 2.88. The molecule has 1 saturated heterocycles. The third-order valence-corrected chi connectivity index (χ3v) is 3.37. The van der Waals surface area contributed by atoms with Crippen LogP contribution in [-0.2, 0) is 16.1 Å². The molecular weight excluding hydrogens is 280 g/mol. The molecule has 1 aromatic rings. The second kappa shape index (κ2) is 6.80. The molecular formula is C17H22N2O3. The molecule has 0 N–H and O–H groups in total. The molecule has 2 atom stereocenters. The van der Waals surface area contributed by atoms with Crippen LogP contribution < -0.4 is 0 Å². The lowest BCUT2D eigenvalue weighted by atomic mass is 10.2. The third kappa shape index (κ3) is 4.47. The van der Waals surface area contributed by atoms with Crippen LogP contribution in [0, 0.1) is 11.3 Å². The minimum Gasteiger partial charge on any atom is -0.444 e. The van der Waals surface area contributed by atoms with Crippen molar-refractivity contribution < 1.29 is 14.3 Å². The zero-order chi connectivity index (χ0) is 16.2. The first-order valence-electron chi connectivity index (χ1n) is 7.44. The summed E-state index contributed by atoms with van der Waals surface area (Å²) in [6.07, 6.45) is -0.0787. The van der Waals surface area contributed by atoms with Crippen molar-refractivity contribution in [3.8, 4) is 6.07 Å². The van der Waals surface area contributed by atoms with Gasteiger partial charge >= 0.3 is 6.09 Å². The van der Waals surface area contributed by atoms with Crippen molar-refractivity contribution in [2.24, 2.45) is 0 Å². The van der Waals surface area contributed by atoms with Gasteiger partial charge in [0.05, 0.1) is 25.3 Å². The van der Waals surface area contributed by atoms with Gasteiger partial charge < -0.3 is 9.47 Å². The lowest BCUT2D eigenvalue weighted by molar-refractivity contribution is 0.0167. The predicted octanol–water partition coefficient (Wildman–Crippen LogP) is 3.10. The smallest absolute Gasteiger partial charge is 0.411 e. The summed E-state index contributed by atoms with van der Waals surface area (Å²) < 4.78 is 11.2.